The van der Waals surface area contributed by atoms with Gasteiger partial charge in [0.05, 0.1) is 23.3 Å². The van der Waals surface area contributed by atoms with Gasteiger partial charge >= 0.3 is 0 Å². The highest BCUT2D eigenvalue weighted by Crippen LogP contribution is 2.22. The molecule has 0 fully saturated rings. The van der Waals surface area contributed by atoms with Crippen molar-refractivity contribution < 1.29 is 4.39 Å². The SMILES string of the molecule is Cc1nn(-c2ccc(F)cc2)c(C)c1CN[C@@H](C)c1cnn(-c2ccccc2)c1C. The van der Waals surface area contributed by atoms with Crippen molar-refractivity contribution in [3.8, 4) is 11.4 Å². The van der Waals surface area contributed by atoms with E-state index in [-0.39, 0.29) is 11.9 Å². The highest BCUT2D eigenvalue weighted by molar-refractivity contribution is 5.38. The number of hydrogen-bond donors (Lipinski definition) is 1. The van der Waals surface area contributed by atoms with Crippen LogP contribution in [0.15, 0.2) is 60.8 Å². The Bertz CT molecular complexity index is 1140. The molecule has 5 nitrogen and oxygen atoms in total. The van der Waals surface area contributed by atoms with Gasteiger partial charge in [-0.2, -0.15) is 10.2 Å². The molecule has 0 aliphatic carbocycles. The molecule has 30 heavy (non-hydrogen) atoms. The Labute approximate surface area is 176 Å². The first-order valence-corrected chi connectivity index (χ1v) is 10.1. The summed E-state index contributed by atoms with van der Waals surface area (Å²) < 4.78 is 17.1. The van der Waals surface area contributed by atoms with Crippen molar-refractivity contribution in [2.75, 3.05) is 0 Å². The van der Waals surface area contributed by atoms with Crippen molar-refractivity contribution in [1.29, 1.82) is 0 Å². The second-order valence-corrected chi connectivity index (χ2v) is 7.57. The van der Waals surface area contributed by atoms with Gasteiger partial charge in [-0.15, -0.1) is 0 Å². The molecule has 0 bridgehead atoms. The van der Waals surface area contributed by atoms with E-state index in [4.69, 9.17) is 0 Å². The van der Waals surface area contributed by atoms with E-state index in [9.17, 15) is 4.39 Å². The first kappa shape index (κ1) is 20.0. The Kier molecular flexibility index (Phi) is 5.50. The Morgan fingerprint density at radius 3 is 2.27 bits per heavy atom. The van der Waals surface area contributed by atoms with Gasteiger partial charge in [0.15, 0.2) is 0 Å². The molecule has 0 saturated heterocycles. The summed E-state index contributed by atoms with van der Waals surface area (Å²) in [4.78, 5) is 0. The van der Waals surface area contributed by atoms with E-state index >= 15 is 0 Å². The summed E-state index contributed by atoms with van der Waals surface area (Å²) in [6, 6.07) is 16.7. The maximum Gasteiger partial charge on any atom is 0.123 e. The molecule has 1 N–H and O–H groups in total. The van der Waals surface area contributed by atoms with E-state index in [1.807, 2.05) is 47.6 Å². The fourth-order valence-electron chi connectivity index (χ4n) is 3.81. The van der Waals surface area contributed by atoms with Crippen molar-refractivity contribution >= 4 is 0 Å². The molecule has 0 saturated carbocycles. The van der Waals surface area contributed by atoms with Gasteiger partial charge in [0.1, 0.15) is 5.82 Å². The van der Waals surface area contributed by atoms with Gasteiger partial charge in [0, 0.05) is 35.1 Å². The Balaban J connectivity index is 1.52. The van der Waals surface area contributed by atoms with E-state index < -0.39 is 0 Å². The van der Waals surface area contributed by atoms with E-state index in [0.29, 0.717) is 6.54 Å². The van der Waals surface area contributed by atoms with Crippen molar-refractivity contribution in [3.05, 3.63) is 94.8 Å². The summed E-state index contributed by atoms with van der Waals surface area (Å²) in [7, 11) is 0. The highest BCUT2D eigenvalue weighted by Gasteiger charge is 2.17. The third-order valence-electron chi connectivity index (χ3n) is 5.61. The van der Waals surface area contributed by atoms with Crippen molar-refractivity contribution in [3.63, 3.8) is 0 Å². The van der Waals surface area contributed by atoms with Crippen LogP contribution in [0.2, 0.25) is 0 Å². The summed E-state index contributed by atoms with van der Waals surface area (Å²) in [5.41, 5.74) is 7.37. The van der Waals surface area contributed by atoms with E-state index in [1.165, 1.54) is 17.7 Å². The summed E-state index contributed by atoms with van der Waals surface area (Å²) in [6.45, 7) is 8.98. The van der Waals surface area contributed by atoms with Gasteiger partial charge in [0.25, 0.3) is 0 Å². The largest absolute Gasteiger partial charge is 0.306 e. The molecular weight excluding hydrogens is 377 g/mol. The standard InChI is InChI=1S/C24H26FN5/c1-16(24-15-27-29(18(24)3)21-8-6-5-7-9-21)26-14-23-17(2)28-30(19(23)4)22-12-10-20(25)11-13-22/h5-13,15-16,26H,14H2,1-4H3/t16-/m0/s1. The summed E-state index contributed by atoms with van der Waals surface area (Å²) in [6.07, 6.45) is 1.93. The average Bonchev–Trinajstić information content (AvgIpc) is 3.27. The van der Waals surface area contributed by atoms with E-state index in [1.54, 1.807) is 12.1 Å². The summed E-state index contributed by atoms with van der Waals surface area (Å²) in [5, 5.41) is 12.8. The third-order valence-corrected chi connectivity index (χ3v) is 5.61. The Hall–Kier alpha value is -3.25. The van der Waals surface area contributed by atoms with Gasteiger partial charge in [-0.05, 0) is 64.1 Å². The molecule has 0 aliphatic rings. The Morgan fingerprint density at radius 1 is 0.900 bits per heavy atom. The summed E-state index contributed by atoms with van der Waals surface area (Å²) in [5.74, 6) is -0.248. The second kappa shape index (κ2) is 8.24. The molecule has 2 aromatic carbocycles. The van der Waals surface area contributed by atoms with Crippen LogP contribution in [0.5, 0.6) is 0 Å². The van der Waals surface area contributed by atoms with Crippen molar-refractivity contribution in [1.82, 2.24) is 24.9 Å². The predicted molar refractivity (Wildman–Crippen MR) is 117 cm³/mol. The molecule has 0 unspecified atom stereocenters. The smallest absolute Gasteiger partial charge is 0.123 e. The lowest BCUT2D eigenvalue weighted by atomic mass is 10.1. The number of para-hydroxylation sites is 1. The first-order chi connectivity index (χ1) is 14.5. The van der Waals surface area contributed by atoms with E-state index in [2.05, 4.69) is 41.5 Å². The molecule has 0 spiro atoms. The minimum atomic E-state index is -0.248. The zero-order chi connectivity index (χ0) is 21.3. The van der Waals surface area contributed by atoms with Gasteiger partial charge in [-0.3, -0.25) is 0 Å². The molecule has 2 aromatic heterocycles. The van der Waals surface area contributed by atoms with Crippen LogP contribution in [-0.4, -0.2) is 19.6 Å². The first-order valence-electron chi connectivity index (χ1n) is 10.1. The number of hydrogen-bond acceptors (Lipinski definition) is 3. The second-order valence-electron chi connectivity index (χ2n) is 7.57. The van der Waals surface area contributed by atoms with E-state index in [0.717, 1.165) is 34.0 Å². The maximum atomic E-state index is 13.3. The minimum absolute atomic E-state index is 0.135. The molecule has 154 valence electrons. The van der Waals surface area contributed by atoms with Gasteiger partial charge in [-0.25, -0.2) is 13.8 Å². The zero-order valence-corrected chi connectivity index (χ0v) is 17.7. The fourth-order valence-corrected chi connectivity index (χ4v) is 3.81. The molecular formula is C24H26FN5. The quantitative estimate of drug-likeness (QED) is 0.494. The number of halogens is 1. The van der Waals surface area contributed by atoms with Crippen LogP contribution in [0.25, 0.3) is 11.4 Å². The average molecular weight is 404 g/mol. The van der Waals surface area contributed by atoms with Crippen LogP contribution in [0.3, 0.4) is 0 Å². The monoisotopic (exact) mass is 403 g/mol. The predicted octanol–water partition coefficient (Wildman–Crippen LogP) is 4.97. The molecule has 1 atom stereocenters. The molecule has 2 heterocycles. The highest BCUT2D eigenvalue weighted by atomic mass is 19.1. The van der Waals surface area contributed by atoms with Crippen LogP contribution in [0.4, 0.5) is 4.39 Å². The van der Waals surface area contributed by atoms with Gasteiger partial charge in [0.2, 0.25) is 0 Å². The zero-order valence-electron chi connectivity index (χ0n) is 17.7. The lowest BCUT2D eigenvalue weighted by molar-refractivity contribution is 0.569. The molecule has 4 aromatic rings. The molecule has 0 aliphatic heterocycles. The van der Waals surface area contributed by atoms with Crippen LogP contribution in [0.1, 0.15) is 41.2 Å². The van der Waals surface area contributed by atoms with Gasteiger partial charge in [-0.1, -0.05) is 18.2 Å². The van der Waals surface area contributed by atoms with Crippen LogP contribution < -0.4 is 5.32 Å². The normalized spacial score (nSPS) is 12.3. The van der Waals surface area contributed by atoms with Crippen molar-refractivity contribution in [2.24, 2.45) is 0 Å². The van der Waals surface area contributed by atoms with Gasteiger partial charge < -0.3 is 5.32 Å². The number of rotatable bonds is 6. The topological polar surface area (TPSA) is 47.7 Å². The number of benzene rings is 2. The van der Waals surface area contributed by atoms with Crippen LogP contribution >= 0.6 is 0 Å². The van der Waals surface area contributed by atoms with Crippen LogP contribution in [-0.2, 0) is 6.54 Å². The number of aromatic nitrogens is 4. The summed E-state index contributed by atoms with van der Waals surface area (Å²) >= 11 is 0. The molecule has 0 radical (unpaired) electrons. The number of aryl methyl sites for hydroxylation is 1. The Morgan fingerprint density at radius 2 is 1.57 bits per heavy atom. The number of nitrogens with one attached hydrogen (secondary N) is 1. The lowest BCUT2D eigenvalue weighted by Crippen LogP contribution is -2.19. The lowest BCUT2D eigenvalue weighted by Gasteiger charge is -2.14. The molecule has 0 amide bonds. The number of nitrogens with zero attached hydrogens (tertiary/aromatic N) is 4. The molecule has 4 rings (SSSR count). The maximum absolute atomic E-state index is 13.3. The minimum Gasteiger partial charge on any atom is -0.306 e. The van der Waals surface area contributed by atoms with Crippen molar-refractivity contribution in [2.45, 2.75) is 40.3 Å². The third kappa shape index (κ3) is 3.78. The van der Waals surface area contributed by atoms with Crippen LogP contribution in [0, 0.1) is 26.6 Å². The molecule has 6 heteroatoms. The fraction of sp³-hybridized carbons (Fsp3) is 0.250.